The van der Waals surface area contributed by atoms with Gasteiger partial charge in [-0.2, -0.15) is 0 Å². The number of carboxylic acids is 1. The topological polar surface area (TPSA) is 84.9 Å². The van der Waals surface area contributed by atoms with E-state index in [4.69, 9.17) is 21.1 Å². The van der Waals surface area contributed by atoms with Gasteiger partial charge in [0.1, 0.15) is 11.5 Å². The SMILES string of the molecule is CCCOc1ccc(C(=O)NCc2cc(-c3cccc(C(=O)O)c3)ccc2OC(C)C)c(Cl)c1. The van der Waals surface area contributed by atoms with Crippen molar-refractivity contribution in [3.63, 3.8) is 0 Å². The molecular formula is C27H28ClNO5. The Bertz CT molecular complexity index is 1180. The number of amides is 1. The minimum absolute atomic E-state index is 0.0549. The molecule has 0 radical (unpaired) electrons. The van der Waals surface area contributed by atoms with Gasteiger partial charge >= 0.3 is 5.97 Å². The van der Waals surface area contributed by atoms with Crippen LogP contribution in [0.1, 0.15) is 53.5 Å². The molecule has 3 aromatic rings. The smallest absolute Gasteiger partial charge is 0.335 e. The predicted molar refractivity (Wildman–Crippen MR) is 133 cm³/mol. The van der Waals surface area contributed by atoms with Crippen molar-refractivity contribution in [1.29, 1.82) is 0 Å². The van der Waals surface area contributed by atoms with Gasteiger partial charge in [0.2, 0.25) is 0 Å². The Morgan fingerprint density at radius 1 is 1.03 bits per heavy atom. The monoisotopic (exact) mass is 481 g/mol. The van der Waals surface area contributed by atoms with E-state index >= 15 is 0 Å². The number of nitrogens with one attached hydrogen (secondary N) is 1. The first-order valence-electron chi connectivity index (χ1n) is 11.1. The molecule has 0 atom stereocenters. The fourth-order valence-corrected chi connectivity index (χ4v) is 3.61. The second-order valence-electron chi connectivity index (χ2n) is 8.05. The lowest BCUT2D eigenvalue weighted by molar-refractivity contribution is 0.0696. The van der Waals surface area contributed by atoms with E-state index in [0.717, 1.165) is 23.1 Å². The van der Waals surface area contributed by atoms with Gasteiger partial charge in [0.25, 0.3) is 5.91 Å². The van der Waals surface area contributed by atoms with Crippen molar-refractivity contribution in [1.82, 2.24) is 5.32 Å². The van der Waals surface area contributed by atoms with Crippen LogP contribution in [0.25, 0.3) is 11.1 Å². The molecule has 7 heteroatoms. The lowest BCUT2D eigenvalue weighted by Crippen LogP contribution is -2.23. The van der Waals surface area contributed by atoms with Gasteiger partial charge < -0.3 is 19.9 Å². The summed E-state index contributed by atoms with van der Waals surface area (Å²) in [6.45, 7) is 6.64. The first kappa shape index (κ1) is 25.1. The van der Waals surface area contributed by atoms with Crippen LogP contribution in [0, 0.1) is 0 Å². The van der Waals surface area contributed by atoms with Crippen LogP contribution in [0.2, 0.25) is 5.02 Å². The molecule has 1 amide bonds. The molecule has 0 spiro atoms. The number of halogens is 1. The minimum Gasteiger partial charge on any atom is -0.494 e. The molecule has 3 rings (SSSR count). The zero-order valence-corrected chi connectivity index (χ0v) is 20.2. The Balaban J connectivity index is 1.83. The van der Waals surface area contributed by atoms with E-state index in [0.29, 0.717) is 28.7 Å². The molecule has 6 nitrogen and oxygen atoms in total. The summed E-state index contributed by atoms with van der Waals surface area (Å²) in [6.07, 6.45) is 0.820. The fourth-order valence-electron chi connectivity index (χ4n) is 3.36. The molecule has 0 aromatic heterocycles. The Labute approximate surface area is 204 Å². The summed E-state index contributed by atoms with van der Waals surface area (Å²) in [5.41, 5.74) is 2.89. The number of aromatic carboxylic acids is 1. The first-order chi connectivity index (χ1) is 16.3. The highest BCUT2D eigenvalue weighted by Gasteiger charge is 2.14. The molecule has 0 fully saturated rings. The van der Waals surface area contributed by atoms with E-state index in [1.165, 1.54) is 0 Å². The molecular weight excluding hydrogens is 454 g/mol. The van der Waals surface area contributed by atoms with E-state index in [2.05, 4.69) is 5.32 Å². The maximum atomic E-state index is 12.8. The quantitative estimate of drug-likeness (QED) is 0.359. The van der Waals surface area contributed by atoms with Crippen molar-refractivity contribution in [3.8, 4) is 22.6 Å². The molecule has 0 unspecified atom stereocenters. The number of hydrogen-bond donors (Lipinski definition) is 2. The van der Waals surface area contributed by atoms with Crippen molar-refractivity contribution in [2.75, 3.05) is 6.61 Å². The van der Waals surface area contributed by atoms with Crippen molar-refractivity contribution >= 4 is 23.5 Å². The Morgan fingerprint density at radius 3 is 2.47 bits per heavy atom. The second-order valence-corrected chi connectivity index (χ2v) is 8.46. The molecule has 34 heavy (non-hydrogen) atoms. The predicted octanol–water partition coefficient (Wildman–Crippen LogP) is 6.21. The van der Waals surface area contributed by atoms with Crippen LogP contribution >= 0.6 is 11.6 Å². The molecule has 0 aliphatic heterocycles. The molecule has 2 N–H and O–H groups in total. The van der Waals surface area contributed by atoms with E-state index in [9.17, 15) is 14.7 Å². The summed E-state index contributed by atoms with van der Waals surface area (Å²) in [6, 6.07) is 17.3. The zero-order chi connectivity index (χ0) is 24.7. The number of carboxylic acid groups (broad SMARTS) is 1. The van der Waals surface area contributed by atoms with E-state index in [1.807, 2.05) is 45.0 Å². The van der Waals surface area contributed by atoms with Gasteiger partial charge in [-0.15, -0.1) is 0 Å². The molecule has 178 valence electrons. The van der Waals surface area contributed by atoms with Gasteiger partial charge in [-0.3, -0.25) is 4.79 Å². The van der Waals surface area contributed by atoms with Crippen molar-refractivity contribution in [3.05, 3.63) is 82.4 Å². The highest BCUT2D eigenvalue weighted by atomic mass is 35.5. The van der Waals surface area contributed by atoms with Crippen molar-refractivity contribution in [2.24, 2.45) is 0 Å². The number of carbonyl (C=O) groups is 2. The summed E-state index contributed by atoms with van der Waals surface area (Å²) in [5, 5.41) is 12.5. The molecule has 0 bridgehead atoms. The largest absolute Gasteiger partial charge is 0.494 e. The highest BCUT2D eigenvalue weighted by Crippen LogP contribution is 2.29. The van der Waals surface area contributed by atoms with Gasteiger partial charge in [0.15, 0.2) is 0 Å². The summed E-state index contributed by atoms with van der Waals surface area (Å²) in [7, 11) is 0. The van der Waals surface area contributed by atoms with Crippen molar-refractivity contribution < 1.29 is 24.2 Å². The molecule has 0 saturated heterocycles. The van der Waals surface area contributed by atoms with Crippen LogP contribution in [0.15, 0.2) is 60.7 Å². The average molecular weight is 482 g/mol. The van der Waals surface area contributed by atoms with Crippen LogP contribution in [0.5, 0.6) is 11.5 Å². The van der Waals surface area contributed by atoms with Crippen LogP contribution in [-0.2, 0) is 6.54 Å². The second kappa shape index (κ2) is 11.6. The molecule has 0 aliphatic rings. The van der Waals surface area contributed by atoms with Gasteiger partial charge in [-0.05, 0) is 73.9 Å². The van der Waals surface area contributed by atoms with Gasteiger partial charge in [0, 0.05) is 12.1 Å². The third-order valence-corrected chi connectivity index (χ3v) is 5.28. The minimum atomic E-state index is -0.989. The summed E-state index contributed by atoms with van der Waals surface area (Å²) in [4.78, 5) is 24.2. The van der Waals surface area contributed by atoms with Crippen LogP contribution in [0.4, 0.5) is 0 Å². The molecule has 0 heterocycles. The highest BCUT2D eigenvalue weighted by molar-refractivity contribution is 6.34. The summed E-state index contributed by atoms with van der Waals surface area (Å²) >= 11 is 6.32. The van der Waals surface area contributed by atoms with Crippen LogP contribution < -0.4 is 14.8 Å². The third-order valence-electron chi connectivity index (χ3n) is 4.96. The molecule has 3 aromatic carbocycles. The lowest BCUT2D eigenvalue weighted by atomic mass is 10.00. The van der Waals surface area contributed by atoms with Gasteiger partial charge in [0.05, 0.1) is 28.9 Å². The lowest BCUT2D eigenvalue weighted by Gasteiger charge is -2.17. The van der Waals surface area contributed by atoms with E-state index in [-0.39, 0.29) is 24.1 Å². The van der Waals surface area contributed by atoms with E-state index in [1.54, 1.807) is 36.4 Å². The normalized spacial score (nSPS) is 10.7. The van der Waals surface area contributed by atoms with Crippen LogP contribution in [-0.4, -0.2) is 29.7 Å². The molecule has 0 aliphatic carbocycles. The fraction of sp³-hybridized carbons (Fsp3) is 0.259. The number of carbonyl (C=O) groups excluding carboxylic acids is 1. The Hall–Kier alpha value is -3.51. The average Bonchev–Trinajstić information content (AvgIpc) is 2.81. The number of hydrogen-bond acceptors (Lipinski definition) is 4. The Kier molecular flexibility index (Phi) is 8.55. The number of benzene rings is 3. The third kappa shape index (κ3) is 6.51. The number of ether oxygens (including phenoxy) is 2. The maximum absolute atomic E-state index is 12.8. The zero-order valence-electron chi connectivity index (χ0n) is 19.4. The van der Waals surface area contributed by atoms with Gasteiger partial charge in [-0.1, -0.05) is 36.7 Å². The first-order valence-corrected chi connectivity index (χ1v) is 11.5. The van der Waals surface area contributed by atoms with Crippen LogP contribution in [0.3, 0.4) is 0 Å². The summed E-state index contributed by atoms with van der Waals surface area (Å²) < 4.78 is 11.5. The molecule has 0 saturated carbocycles. The van der Waals surface area contributed by atoms with Gasteiger partial charge in [-0.25, -0.2) is 4.79 Å². The summed E-state index contributed by atoms with van der Waals surface area (Å²) in [5.74, 6) is -0.0481. The Morgan fingerprint density at radius 2 is 1.79 bits per heavy atom. The van der Waals surface area contributed by atoms with Crippen molar-refractivity contribution in [2.45, 2.75) is 39.8 Å². The van der Waals surface area contributed by atoms with E-state index < -0.39 is 5.97 Å². The maximum Gasteiger partial charge on any atom is 0.335 e. The standard InChI is InChI=1S/C27H28ClNO5/c1-4-12-33-22-9-10-23(24(28)15-22)26(30)29-16-21-14-19(8-11-25(21)34-17(2)3)18-6-5-7-20(13-18)27(31)32/h5-11,13-15,17H,4,12,16H2,1-3H3,(H,29,30)(H,31,32). The number of rotatable bonds is 10.